The number of hydrogen-bond donors (Lipinski definition) is 2. The van der Waals surface area contributed by atoms with Crippen LogP contribution in [0.3, 0.4) is 0 Å². The molecule has 2 aromatic carbocycles. The minimum Gasteiger partial charge on any atom is -0.452 e. The number of nitrogens with one attached hydrogen (secondary N) is 2. The van der Waals surface area contributed by atoms with Crippen molar-refractivity contribution >= 4 is 46.8 Å². The molecule has 0 saturated heterocycles. The maximum atomic E-state index is 12.3. The van der Waals surface area contributed by atoms with Gasteiger partial charge in [-0.1, -0.05) is 59.6 Å². The van der Waals surface area contributed by atoms with E-state index in [1.54, 1.807) is 49.4 Å². The predicted molar refractivity (Wildman–Crippen MR) is 126 cm³/mol. The number of ketones is 1. The Morgan fingerprint density at radius 2 is 1.64 bits per heavy atom. The number of rotatable bonds is 11. The summed E-state index contributed by atoms with van der Waals surface area (Å²) in [5.74, 6) is -1.58. The molecule has 0 aliphatic heterocycles. The number of Topliss-reactive ketones (excluding diaryl/α,β-unsaturated/α-hetero) is 1. The summed E-state index contributed by atoms with van der Waals surface area (Å²) in [7, 11) is 0. The summed E-state index contributed by atoms with van der Waals surface area (Å²) in [5, 5.41) is 6.20. The number of ether oxygens (including phenoxy) is 1. The first kappa shape index (κ1) is 26.4. The molecule has 0 aliphatic carbocycles. The molecule has 2 rings (SSSR count). The lowest BCUT2D eigenvalue weighted by Gasteiger charge is -2.19. The van der Waals surface area contributed by atoms with E-state index >= 15 is 0 Å². The highest BCUT2D eigenvalue weighted by Crippen LogP contribution is 2.26. The van der Waals surface area contributed by atoms with Crippen LogP contribution in [0.25, 0.3) is 0 Å². The number of amides is 2. The maximum absolute atomic E-state index is 12.3. The Morgan fingerprint density at radius 3 is 2.30 bits per heavy atom. The van der Waals surface area contributed by atoms with Gasteiger partial charge in [-0.25, -0.2) is 0 Å². The summed E-state index contributed by atoms with van der Waals surface area (Å²) in [6.45, 7) is 3.25. The largest absolute Gasteiger partial charge is 0.452 e. The topological polar surface area (TPSA) is 102 Å². The van der Waals surface area contributed by atoms with Crippen molar-refractivity contribution in [3.05, 3.63) is 69.7 Å². The lowest BCUT2D eigenvalue weighted by atomic mass is 10.1. The first-order chi connectivity index (χ1) is 15.7. The van der Waals surface area contributed by atoms with E-state index < -0.39 is 24.0 Å². The van der Waals surface area contributed by atoms with Gasteiger partial charge in [0.25, 0.3) is 5.91 Å². The molecule has 9 heteroatoms. The molecular formula is C24H26Cl2N2O5. The molecule has 0 saturated carbocycles. The van der Waals surface area contributed by atoms with Gasteiger partial charge in [0.2, 0.25) is 5.91 Å². The lowest BCUT2D eigenvalue weighted by Crippen LogP contribution is -2.38. The minimum absolute atomic E-state index is 0.0206. The van der Waals surface area contributed by atoms with Crippen LogP contribution in [0.2, 0.25) is 10.0 Å². The van der Waals surface area contributed by atoms with Crippen molar-refractivity contribution in [2.24, 2.45) is 0 Å². The van der Waals surface area contributed by atoms with Gasteiger partial charge in [0.1, 0.15) is 0 Å². The molecule has 2 N–H and O–H groups in total. The van der Waals surface area contributed by atoms with E-state index in [0.29, 0.717) is 21.2 Å². The molecule has 0 aromatic heterocycles. The number of esters is 1. The fourth-order valence-corrected chi connectivity index (χ4v) is 3.53. The van der Waals surface area contributed by atoms with Crippen molar-refractivity contribution in [1.82, 2.24) is 10.6 Å². The molecule has 2 unspecified atom stereocenters. The van der Waals surface area contributed by atoms with Crippen molar-refractivity contribution in [1.29, 1.82) is 0 Å². The minimum atomic E-state index is -1.02. The SMILES string of the molecule is CC(OC(=O)CCNC(=O)CCC(=O)c1ccccc1)C(=O)NC(C)c1ccc(Cl)cc1Cl. The average molecular weight is 493 g/mol. The summed E-state index contributed by atoms with van der Waals surface area (Å²) < 4.78 is 5.13. The average Bonchev–Trinajstić information content (AvgIpc) is 2.77. The van der Waals surface area contributed by atoms with Gasteiger partial charge in [-0.2, -0.15) is 0 Å². The van der Waals surface area contributed by atoms with Crippen molar-refractivity contribution in [2.45, 2.75) is 45.3 Å². The Hall–Kier alpha value is -2.90. The first-order valence-electron chi connectivity index (χ1n) is 10.5. The van der Waals surface area contributed by atoms with Crippen LogP contribution in [-0.4, -0.2) is 36.2 Å². The second-order valence-electron chi connectivity index (χ2n) is 7.42. The van der Waals surface area contributed by atoms with Crippen LogP contribution in [0.4, 0.5) is 0 Å². The number of halogens is 2. The van der Waals surface area contributed by atoms with Crippen LogP contribution in [0.1, 0.15) is 55.1 Å². The summed E-state index contributed by atoms with van der Waals surface area (Å²) in [5.41, 5.74) is 1.23. The molecule has 0 spiro atoms. The molecule has 0 aliphatic rings. The van der Waals surface area contributed by atoms with Gasteiger partial charge in [-0.3, -0.25) is 19.2 Å². The summed E-state index contributed by atoms with van der Waals surface area (Å²) in [6, 6.07) is 13.3. The molecule has 0 bridgehead atoms. The molecule has 2 amide bonds. The predicted octanol–water partition coefficient (Wildman–Crippen LogP) is 4.27. The van der Waals surface area contributed by atoms with Crippen molar-refractivity contribution in [3.8, 4) is 0 Å². The van der Waals surface area contributed by atoms with E-state index in [9.17, 15) is 19.2 Å². The Kier molecular flexibility index (Phi) is 10.4. The summed E-state index contributed by atoms with van der Waals surface area (Å²) in [6.07, 6.45) is -1.03. The molecule has 176 valence electrons. The highest BCUT2D eigenvalue weighted by molar-refractivity contribution is 6.35. The van der Waals surface area contributed by atoms with Crippen LogP contribution in [-0.2, 0) is 19.1 Å². The van der Waals surface area contributed by atoms with Crippen LogP contribution in [0, 0.1) is 0 Å². The zero-order valence-electron chi connectivity index (χ0n) is 18.4. The molecule has 33 heavy (non-hydrogen) atoms. The number of carbonyl (C=O) groups is 4. The van der Waals surface area contributed by atoms with Crippen LogP contribution in [0.15, 0.2) is 48.5 Å². The van der Waals surface area contributed by atoms with E-state index in [0.717, 1.165) is 0 Å². The number of benzene rings is 2. The van der Waals surface area contributed by atoms with Crippen LogP contribution < -0.4 is 10.6 Å². The smallest absolute Gasteiger partial charge is 0.308 e. The van der Waals surface area contributed by atoms with Crippen molar-refractivity contribution in [3.63, 3.8) is 0 Å². The van der Waals surface area contributed by atoms with E-state index in [1.165, 1.54) is 6.92 Å². The van der Waals surface area contributed by atoms with E-state index in [4.69, 9.17) is 27.9 Å². The molecule has 2 atom stereocenters. The fraction of sp³-hybridized carbons (Fsp3) is 0.333. The van der Waals surface area contributed by atoms with Crippen LogP contribution >= 0.6 is 23.2 Å². The first-order valence-corrected chi connectivity index (χ1v) is 11.2. The Balaban J connectivity index is 1.68. The van der Waals surface area contributed by atoms with Gasteiger partial charge in [0.15, 0.2) is 11.9 Å². The van der Waals surface area contributed by atoms with Crippen molar-refractivity contribution < 1.29 is 23.9 Å². The Labute approximate surface area is 202 Å². The molecule has 0 fully saturated rings. The van der Waals surface area contributed by atoms with Gasteiger partial charge in [0, 0.05) is 35.0 Å². The lowest BCUT2D eigenvalue weighted by molar-refractivity contribution is -0.155. The van der Waals surface area contributed by atoms with Crippen molar-refractivity contribution in [2.75, 3.05) is 6.54 Å². The Morgan fingerprint density at radius 1 is 0.939 bits per heavy atom. The molecule has 7 nitrogen and oxygen atoms in total. The van der Waals surface area contributed by atoms with Crippen LogP contribution in [0.5, 0.6) is 0 Å². The van der Waals surface area contributed by atoms with E-state index in [2.05, 4.69) is 10.6 Å². The second-order valence-corrected chi connectivity index (χ2v) is 8.26. The molecule has 2 aromatic rings. The maximum Gasteiger partial charge on any atom is 0.308 e. The zero-order valence-corrected chi connectivity index (χ0v) is 19.9. The molecule has 0 heterocycles. The third-order valence-corrected chi connectivity index (χ3v) is 5.35. The highest BCUT2D eigenvalue weighted by atomic mass is 35.5. The van der Waals surface area contributed by atoms with Gasteiger partial charge < -0.3 is 15.4 Å². The third kappa shape index (κ3) is 8.86. The van der Waals surface area contributed by atoms with Gasteiger partial charge in [-0.15, -0.1) is 0 Å². The summed E-state index contributed by atoms with van der Waals surface area (Å²) in [4.78, 5) is 48.2. The third-order valence-electron chi connectivity index (χ3n) is 4.79. The normalized spacial score (nSPS) is 12.4. The number of carbonyl (C=O) groups excluding carboxylic acids is 4. The van der Waals surface area contributed by atoms with E-state index in [1.807, 2.05) is 6.07 Å². The van der Waals surface area contributed by atoms with Gasteiger partial charge in [0.05, 0.1) is 12.5 Å². The highest BCUT2D eigenvalue weighted by Gasteiger charge is 2.21. The molecule has 0 radical (unpaired) electrons. The standard InChI is InChI=1S/C24H26Cl2N2O5/c1-15(19-9-8-18(25)14-20(19)26)28-24(32)16(2)33-23(31)12-13-27-22(30)11-10-21(29)17-6-4-3-5-7-17/h3-9,14-16H,10-13H2,1-2H3,(H,27,30)(H,28,32). The van der Waals surface area contributed by atoms with Gasteiger partial charge >= 0.3 is 5.97 Å². The zero-order chi connectivity index (χ0) is 24.4. The Bertz CT molecular complexity index is 998. The van der Waals surface area contributed by atoms with Gasteiger partial charge in [-0.05, 0) is 31.5 Å². The van der Waals surface area contributed by atoms with E-state index in [-0.39, 0.29) is 37.5 Å². The summed E-state index contributed by atoms with van der Waals surface area (Å²) >= 11 is 12.0. The monoisotopic (exact) mass is 492 g/mol. The quantitative estimate of drug-likeness (QED) is 0.360. The number of hydrogen-bond acceptors (Lipinski definition) is 5. The molecular weight excluding hydrogens is 467 g/mol. The second kappa shape index (κ2) is 13.0. The fourth-order valence-electron chi connectivity index (χ4n) is 2.96.